The number of thioether (sulfide) groups is 1. The predicted octanol–water partition coefficient (Wildman–Crippen LogP) is 4.66. The van der Waals surface area contributed by atoms with Gasteiger partial charge in [0.1, 0.15) is 5.82 Å². The molecule has 0 radical (unpaired) electrons. The summed E-state index contributed by atoms with van der Waals surface area (Å²) in [4.78, 5) is 0.989. The zero-order chi connectivity index (χ0) is 13.1. The monoisotopic (exact) mass is 281 g/mol. The van der Waals surface area contributed by atoms with E-state index in [9.17, 15) is 4.39 Å². The number of benzene rings is 2. The molecule has 0 amide bonds. The van der Waals surface area contributed by atoms with Gasteiger partial charge in [-0.25, -0.2) is 4.39 Å². The van der Waals surface area contributed by atoms with Gasteiger partial charge in [-0.05, 0) is 48.4 Å². The summed E-state index contributed by atoms with van der Waals surface area (Å²) >= 11 is 7.47. The molecule has 0 unspecified atom stereocenters. The molecule has 0 aliphatic carbocycles. The lowest BCUT2D eigenvalue weighted by atomic mass is 10.1. The van der Waals surface area contributed by atoms with Gasteiger partial charge in [-0.3, -0.25) is 0 Å². The van der Waals surface area contributed by atoms with Crippen LogP contribution in [-0.4, -0.2) is 0 Å². The average Bonchev–Trinajstić information content (AvgIpc) is 2.30. The van der Waals surface area contributed by atoms with E-state index < -0.39 is 0 Å². The number of rotatable bonds is 3. The van der Waals surface area contributed by atoms with E-state index in [4.69, 9.17) is 17.3 Å². The summed E-state index contributed by atoms with van der Waals surface area (Å²) in [6, 6.07) is 10.3. The minimum atomic E-state index is -0.202. The summed E-state index contributed by atoms with van der Waals surface area (Å²) in [5.74, 6) is 0.560. The first-order valence-electron chi connectivity index (χ1n) is 5.49. The van der Waals surface area contributed by atoms with E-state index in [0.29, 0.717) is 10.7 Å². The van der Waals surface area contributed by atoms with Crippen molar-refractivity contribution in [2.24, 2.45) is 0 Å². The second-order valence-corrected chi connectivity index (χ2v) is 5.50. The molecule has 2 aromatic carbocycles. The van der Waals surface area contributed by atoms with Crippen LogP contribution in [0.1, 0.15) is 11.1 Å². The van der Waals surface area contributed by atoms with Crippen molar-refractivity contribution in [3.8, 4) is 0 Å². The molecule has 94 valence electrons. The number of nitrogens with two attached hydrogens (primary N) is 1. The number of anilines is 1. The lowest BCUT2D eigenvalue weighted by Crippen LogP contribution is -1.91. The molecule has 0 saturated heterocycles. The molecule has 0 spiro atoms. The van der Waals surface area contributed by atoms with E-state index in [1.54, 1.807) is 23.9 Å². The Bertz CT molecular complexity index is 520. The predicted molar refractivity (Wildman–Crippen MR) is 76.6 cm³/mol. The highest BCUT2D eigenvalue weighted by molar-refractivity contribution is 7.98. The van der Waals surface area contributed by atoms with E-state index in [-0.39, 0.29) is 5.82 Å². The molecule has 0 aromatic heterocycles. The summed E-state index contributed by atoms with van der Waals surface area (Å²) in [5, 5.41) is 0.634. The highest BCUT2D eigenvalue weighted by atomic mass is 35.5. The Kier molecular flexibility index (Phi) is 4.15. The second kappa shape index (κ2) is 5.63. The minimum absolute atomic E-state index is 0.202. The van der Waals surface area contributed by atoms with Crippen LogP contribution in [0.3, 0.4) is 0 Å². The second-order valence-electron chi connectivity index (χ2n) is 4.04. The third kappa shape index (κ3) is 3.18. The molecule has 0 bridgehead atoms. The van der Waals surface area contributed by atoms with Crippen LogP contribution < -0.4 is 5.73 Å². The number of nitrogen functional groups attached to an aromatic ring is 1. The molecule has 0 aliphatic rings. The maximum atomic E-state index is 13.0. The van der Waals surface area contributed by atoms with Gasteiger partial charge in [-0.1, -0.05) is 17.7 Å². The summed E-state index contributed by atoms with van der Waals surface area (Å²) in [6.07, 6.45) is 0. The summed E-state index contributed by atoms with van der Waals surface area (Å²) in [6.45, 7) is 1.91. The van der Waals surface area contributed by atoms with E-state index in [2.05, 4.69) is 0 Å². The van der Waals surface area contributed by atoms with Crippen LogP contribution in [0.15, 0.2) is 41.3 Å². The van der Waals surface area contributed by atoms with E-state index in [0.717, 1.165) is 21.8 Å². The van der Waals surface area contributed by atoms with Crippen molar-refractivity contribution in [2.45, 2.75) is 17.6 Å². The maximum absolute atomic E-state index is 13.0. The molecule has 1 nitrogen and oxygen atoms in total. The molecule has 0 fully saturated rings. The fraction of sp³-hybridized carbons (Fsp3) is 0.143. The third-order valence-electron chi connectivity index (χ3n) is 2.66. The van der Waals surface area contributed by atoms with Gasteiger partial charge in [0, 0.05) is 21.4 Å². The first-order chi connectivity index (χ1) is 8.56. The lowest BCUT2D eigenvalue weighted by Gasteiger charge is -2.08. The number of halogens is 2. The van der Waals surface area contributed by atoms with E-state index in [1.807, 2.05) is 25.1 Å². The van der Waals surface area contributed by atoms with Crippen LogP contribution in [0, 0.1) is 12.7 Å². The summed E-state index contributed by atoms with van der Waals surface area (Å²) in [5.41, 5.74) is 8.62. The van der Waals surface area contributed by atoms with Gasteiger partial charge in [0.05, 0.1) is 0 Å². The van der Waals surface area contributed by atoms with Crippen LogP contribution in [0.25, 0.3) is 0 Å². The summed E-state index contributed by atoms with van der Waals surface area (Å²) in [7, 11) is 0. The Morgan fingerprint density at radius 1 is 1.22 bits per heavy atom. The Morgan fingerprint density at radius 3 is 2.67 bits per heavy atom. The van der Waals surface area contributed by atoms with Crippen molar-refractivity contribution < 1.29 is 4.39 Å². The summed E-state index contributed by atoms with van der Waals surface area (Å²) < 4.78 is 13.0. The first kappa shape index (κ1) is 13.2. The zero-order valence-electron chi connectivity index (χ0n) is 9.91. The first-order valence-corrected chi connectivity index (χ1v) is 6.85. The maximum Gasteiger partial charge on any atom is 0.123 e. The van der Waals surface area contributed by atoms with Gasteiger partial charge in [0.2, 0.25) is 0 Å². The van der Waals surface area contributed by atoms with E-state index >= 15 is 0 Å². The van der Waals surface area contributed by atoms with Gasteiger partial charge in [0.15, 0.2) is 0 Å². The largest absolute Gasteiger partial charge is 0.398 e. The molecule has 0 aliphatic heterocycles. The van der Waals surface area contributed by atoms with Crippen LogP contribution in [0.5, 0.6) is 0 Å². The fourth-order valence-electron chi connectivity index (χ4n) is 1.63. The Balaban J connectivity index is 2.11. The van der Waals surface area contributed by atoms with Crippen molar-refractivity contribution in [3.05, 3.63) is 58.4 Å². The lowest BCUT2D eigenvalue weighted by molar-refractivity contribution is 0.626. The normalized spacial score (nSPS) is 10.6. The molecule has 4 heteroatoms. The quantitative estimate of drug-likeness (QED) is 0.654. The smallest absolute Gasteiger partial charge is 0.123 e. The number of aryl methyl sites for hydroxylation is 1. The van der Waals surface area contributed by atoms with Crippen molar-refractivity contribution in [2.75, 3.05) is 5.73 Å². The highest BCUT2D eigenvalue weighted by Gasteiger charge is 2.04. The molecule has 18 heavy (non-hydrogen) atoms. The number of hydrogen-bond acceptors (Lipinski definition) is 2. The fourth-order valence-corrected chi connectivity index (χ4v) is 2.83. The third-order valence-corrected chi connectivity index (χ3v) is 4.03. The van der Waals surface area contributed by atoms with Crippen molar-refractivity contribution in [1.29, 1.82) is 0 Å². The van der Waals surface area contributed by atoms with Crippen molar-refractivity contribution in [1.82, 2.24) is 0 Å². The number of hydrogen-bond donors (Lipinski definition) is 1. The minimum Gasteiger partial charge on any atom is -0.398 e. The van der Waals surface area contributed by atoms with Crippen molar-refractivity contribution in [3.63, 3.8) is 0 Å². The molecule has 2 aromatic rings. The van der Waals surface area contributed by atoms with Crippen LogP contribution in [0.4, 0.5) is 10.1 Å². The van der Waals surface area contributed by atoms with Gasteiger partial charge < -0.3 is 5.73 Å². The zero-order valence-corrected chi connectivity index (χ0v) is 11.5. The molecule has 0 atom stereocenters. The van der Waals surface area contributed by atoms with Crippen LogP contribution >= 0.6 is 23.4 Å². The van der Waals surface area contributed by atoms with Crippen LogP contribution in [-0.2, 0) is 5.75 Å². The topological polar surface area (TPSA) is 26.0 Å². The van der Waals surface area contributed by atoms with Gasteiger partial charge in [-0.15, -0.1) is 11.8 Å². The van der Waals surface area contributed by atoms with Crippen molar-refractivity contribution >= 4 is 29.1 Å². The highest BCUT2D eigenvalue weighted by Crippen LogP contribution is 2.30. The molecule has 0 heterocycles. The van der Waals surface area contributed by atoms with Gasteiger partial charge in [-0.2, -0.15) is 0 Å². The molecule has 2 rings (SSSR count). The average molecular weight is 282 g/mol. The Labute approximate surface area is 115 Å². The standard InChI is InChI=1S/C14H13ClFNS/c1-9-6-12(16)4-2-10(9)8-18-14-5-3-11(15)7-13(14)17/h2-7H,8,17H2,1H3. The van der Waals surface area contributed by atoms with Gasteiger partial charge >= 0.3 is 0 Å². The molecule has 0 saturated carbocycles. The molecule has 2 N–H and O–H groups in total. The Morgan fingerprint density at radius 2 is 2.00 bits per heavy atom. The van der Waals surface area contributed by atoms with Gasteiger partial charge in [0.25, 0.3) is 0 Å². The van der Waals surface area contributed by atoms with Crippen LogP contribution in [0.2, 0.25) is 5.02 Å². The Hall–Kier alpha value is -1.19. The molecular weight excluding hydrogens is 269 g/mol. The SMILES string of the molecule is Cc1cc(F)ccc1CSc1ccc(Cl)cc1N. The molecular formula is C14H13ClFNS. The van der Waals surface area contributed by atoms with E-state index in [1.165, 1.54) is 6.07 Å².